The van der Waals surface area contributed by atoms with Crippen molar-refractivity contribution < 1.29 is 4.52 Å². The minimum atomic E-state index is 0.173. The molecule has 2 aromatic rings. The summed E-state index contributed by atoms with van der Waals surface area (Å²) in [5.74, 6) is 2.92. The molecular formula is C11H9N3O. The monoisotopic (exact) mass is 199 g/mol. The molecule has 1 aromatic heterocycles. The van der Waals surface area contributed by atoms with Crippen molar-refractivity contribution in [3.8, 4) is 23.7 Å². The number of aromatic nitrogens is 2. The van der Waals surface area contributed by atoms with Crippen molar-refractivity contribution in [3.05, 3.63) is 29.7 Å². The summed E-state index contributed by atoms with van der Waals surface area (Å²) in [5.41, 5.74) is 8.22. The van der Waals surface area contributed by atoms with Gasteiger partial charge in [-0.15, -0.1) is 6.42 Å². The average molecular weight is 199 g/mol. The van der Waals surface area contributed by atoms with Crippen LogP contribution in [0.1, 0.15) is 11.5 Å². The van der Waals surface area contributed by atoms with Crippen LogP contribution in [0, 0.1) is 19.3 Å². The van der Waals surface area contributed by atoms with E-state index in [2.05, 4.69) is 16.1 Å². The van der Waals surface area contributed by atoms with Crippen molar-refractivity contribution in [1.82, 2.24) is 10.1 Å². The molecule has 0 spiro atoms. The number of benzene rings is 1. The zero-order valence-corrected chi connectivity index (χ0v) is 8.19. The molecule has 0 aliphatic carbocycles. The van der Waals surface area contributed by atoms with Crippen LogP contribution >= 0.6 is 0 Å². The molecule has 0 saturated carbocycles. The zero-order valence-electron chi connectivity index (χ0n) is 8.19. The molecule has 74 valence electrons. The fraction of sp³-hybridized carbons (Fsp3) is 0.0909. The topological polar surface area (TPSA) is 64.9 Å². The van der Waals surface area contributed by atoms with Crippen molar-refractivity contribution in [2.45, 2.75) is 6.92 Å². The highest BCUT2D eigenvalue weighted by molar-refractivity contribution is 5.67. The molecule has 2 rings (SSSR count). The SMILES string of the molecule is C#Cc1nc(-c2cccc(N)c2C)no1. The Kier molecular flexibility index (Phi) is 2.14. The second-order valence-corrected chi connectivity index (χ2v) is 3.09. The van der Waals surface area contributed by atoms with Crippen LogP contribution in [0.15, 0.2) is 22.7 Å². The van der Waals surface area contributed by atoms with Gasteiger partial charge in [0.1, 0.15) is 0 Å². The molecule has 1 aromatic carbocycles. The number of terminal acetylenes is 1. The van der Waals surface area contributed by atoms with Gasteiger partial charge in [0, 0.05) is 11.3 Å². The fourth-order valence-electron chi connectivity index (χ4n) is 1.29. The van der Waals surface area contributed by atoms with Gasteiger partial charge in [-0.05, 0) is 24.5 Å². The van der Waals surface area contributed by atoms with Gasteiger partial charge in [-0.1, -0.05) is 17.3 Å². The average Bonchev–Trinajstić information content (AvgIpc) is 2.70. The first-order valence-corrected chi connectivity index (χ1v) is 4.38. The van der Waals surface area contributed by atoms with Gasteiger partial charge in [0.2, 0.25) is 5.82 Å². The highest BCUT2D eigenvalue weighted by atomic mass is 16.5. The highest BCUT2D eigenvalue weighted by Crippen LogP contribution is 2.24. The van der Waals surface area contributed by atoms with E-state index in [0.29, 0.717) is 11.5 Å². The lowest BCUT2D eigenvalue weighted by Gasteiger charge is -2.03. The molecule has 0 saturated heterocycles. The van der Waals surface area contributed by atoms with E-state index in [4.69, 9.17) is 16.7 Å². The van der Waals surface area contributed by atoms with E-state index < -0.39 is 0 Å². The Hall–Kier alpha value is -2.28. The Morgan fingerprint density at radius 1 is 1.47 bits per heavy atom. The van der Waals surface area contributed by atoms with Crippen LogP contribution in [0.2, 0.25) is 0 Å². The summed E-state index contributed by atoms with van der Waals surface area (Å²) in [5, 5.41) is 3.78. The van der Waals surface area contributed by atoms with E-state index in [1.165, 1.54) is 0 Å². The van der Waals surface area contributed by atoms with Crippen LogP contribution in [0.4, 0.5) is 5.69 Å². The van der Waals surface area contributed by atoms with E-state index >= 15 is 0 Å². The largest absolute Gasteiger partial charge is 0.398 e. The van der Waals surface area contributed by atoms with Crippen molar-refractivity contribution in [1.29, 1.82) is 0 Å². The second kappa shape index (κ2) is 3.46. The maximum atomic E-state index is 5.77. The molecule has 0 atom stereocenters. The molecule has 0 aliphatic rings. The molecule has 2 N–H and O–H groups in total. The molecule has 0 bridgehead atoms. The molecule has 15 heavy (non-hydrogen) atoms. The van der Waals surface area contributed by atoms with Gasteiger partial charge in [0.15, 0.2) is 0 Å². The summed E-state index contributed by atoms with van der Waals surface area (Å²) in [6.07, 6.45) is 5.14. The van der Waals surface area contributed by atoms with Crippen LogP contribution in [0.3, 0.4) is 0 Å². The van der Waals surface area contributed by atoms with Crippen LogP contribution in [-0.2, 0) is 0 Å². The van der Waals surface area contributed by atoms with Gasteiger partial charge in [-0.2, -0.15) is 4.98 Å². The lowest BCUT2D eigenvalue weighted by atomic mass is 10.1. The van der Waals surface area contributed by atoms with Gasteiger partial charge in [-0.3, -0.25) is 0 Å². The third-order valence-electron chi connectivity index (χ3n) is 2.17. The second-order valence-electron chi connectivity index (χ2n) is 3.09. The number of hydrogen-bond donors (Lipinski definition) is 1. The van der Waals surface area contributed by atoms with E-state index in [0.717, 1.165) is 11.1 Å². The maximum Gasteiger partial charge on any atom is 0.302 e. The zero-order chi connectivity index (χ0) is 10.8. The van der Waals surface area contributed by atoms with Crippen LogP contribution in [-0.4, -0.2) is 10.1 Å². The van der Waals surface area contributed by atoms with Crippen LogP contribution < -0.4 is 5.73 Å². The quantitative estimate of drug-likeness (QED) is 0.559. The summed E-state index contributed by atoms with van der Waals surface area (Å²) in [6, 6.07) is 5.53. The smallest absolute Gasteiger partial charge is 0.302 e. The van der Waals surface area contributed by atoms with Gasteiger partial charge < -0.3 is 10.3 Å². The molecule has 0 unspecified atom stereocenters. The third kappa shape index (κ3) is 1.55. The Morgan fingerprint density at radius 2 is 2.27 bits per heavy atom. The predicted octanol–water partition coefficient (Wildman–Crippen LogP) is 1.61. The van der Waals surface area contributed by atoms with Crippen LogP contribution in [0.5, 0.6) is 0 Å². The first-order valence-electron chi connectivity index (χ1n) is 4.38. The third-order valence-corrected chi connectivity index (χ3v) is 2.17. The number of hydrogen-bond acceptors (Lipinski definition) is 4. The molecule has 4 nitrogen and oxygen atoms in total. The maximum absolute atomic E-state index is 5.77. The number of nitrogens with zero attached hydrogens (tertiary/aromatic N) is 2. The van der Waals surface area contributed by atoms with E-state index in [9.17, 15) is 0 Å². The predicted molar refractivity (Wildman–Crippen MR) is 56.8 cm³/mol. The lowest BCUT2D eigenvalue weighted by Crippen LogP contribution is -1.92. The Labute approximate surface area is 87.1 Å². The fourth-order valence-corrected chi connectivity index (χ4v) is 1.29. The molecule has 1 heterocycles. The van der Waals surface area contributed by atoms with Gasteiger partial charge in [-0.25, -0.2) is 0 Å². The van der Waals surface area contributed by atoms with E-state index in [1.54, 1.807) is 0 Å². The Morgan fingerprint density at radius 3 is 2.93 bits per heavy atom. The summed E-state index contributed by atoms with van der Waals surface area (Å²) in [6.45, 7) is 1.90. The normalized spacial score (nSPS) is 9.87. The van der Waals surface area contributed by atoms with Gasteiger partial charge >= 0.3 is 5.89 Å². The number of nitrogen functional groups attached to an aromatic ring is 1. The molecule has 0 aliphatic heterocycles. The minimum absolute atomic E-state index is 0.173. The standard InChI is InChI=1S/C11H9N3O/c1-3-10-13-11(14-15-10)8-5-4-6-9(12)7(8)2/h1,4-6H,12H2,2H3. The molecule has 0 radical (unpaired) electrons. The molecule has 4 heteroatoms. The summed E-state index contributed by atoms with van der Waals surface area (Å²) in [7, 11) is 0. The lowest BCUT2D eigenvalue weighted by molar-refractivity contribution is 0.409. The van der Waals surface area contributed by atoms with Crippen molar-refractivity contribution in [2.24, 2.45) is 0 Å². The Balaban J connectivity index is 2.55. The number of rotatable bonds is 1. The van der Waals surface area contributed by atoms with Gasteiger partial charge in [0.05, 0.1) is 0 Å². The highest BCUT2D eigenvalue weighted by Gasteiger charge is 2.10. The Bertz CT molecular complexity index is 537. The molecule has 0 fully saturated rings. The number of nitrogens with two attached hydrogens (primary N) is 1. The van der Waals surface area contributed by atoms with E-state index in [-0.39, 0.29) is 5.89 Å². The molecular weight excluding hydrogens is 190 g/mol. The van der Waals surface area contributed by atoms with Crippen LogP contribution in [0.25, 0.3) is 11.4 Å². The first kappa shape index (κ1) is 9.28. The minimum Gasteiger partial charge on any atom is -0.398 e. The van der Waals surface area contributed by atoms with Gasteiger partial charge in [0.25, 0.3) is 0 Å². The summed E-state index contributed by atoms with van der Waals surface area (Å²) >= 11 is 0. The summed E-state index contributed by atoms with van der Waals surface area (Å²) in [4.78, 5) is 4.03. The van der Waals surface area contributed by atoms with Crippen molar-refractivity contribution in [2.75, 3.05) is 5.73 Å². The molecule has 0 amide bonds. The first-order chi connectivity index (χ1) is 7.22. The van der Waals surface area contributed by atoms with Crippen molar-refractivity contribution in [3.63, 3.8) is 0 Å². The van der Waals surface area contributed by atoms with Crippen molar-refractivity contribution >= 4 is 5.69 Å². The number of anilines is 1. The van der Waals surface area contributed by atoms with E-state index in [1.807, 2.05) is 25.1 Å². The summed E-state index contributed by atoms with van der Waals surface area (Å²) < 4.78 is 4.83.